The lowest BCUT2D eigenvalue weighted by Gasteiger charge is -2.39. The molecule has 0 N–H and O–H groups in total. The van der Waals surface area contributed by atoms with Crippen molar-refractivity contribution in [3.8, 4) is 28.7 Å². The predicted molar refractivity (Wildman–Crippen MR) is 186 cm³/mol. The summed E-state index contributed by atoms with van der Waals surface area (Å²) < 4.78 is 5.30. The van der Waals surface area contributed by atoms with Crippen molar-refractivity contribution >= 4 is 5.91 Å². The molecule has 1 aliphatic heterocycles. The van der Waals surface area contributed by atoms with Crippen LogP contribution in [0.25, 0.3) is 11.1 Å². The second kappa shape index (κ2) is 18.8. The average Bonchev–Trinajstić information content (AvgIpc) is 3.05. The Bertz CT molecular complexity index is 1340. The number of unbranched alkanes of at least 4 members (excludes halogenated alkanes) is 2. The maximum Gasteiger partial charge on any atom is 0.254 e. The molecule has 234 valence electrons. The topological polar surface area (TPSA) is 32.8 Å². The van der Waals surface area contributed by atoms with Crippen LogP contribution in [-0.2, 0) is 6.54 Å². The van der Waals surface area contributed by atoms with Gasteiger partial charge in [-0.05, 0) is 92.1 Å². The SMILES string of the molecule is C=CC.CCCCC#Cc1cccc(C(=O)N(Cc2ccc(-c3ccc(OC)cc3)cc2)C2CCN(CCC(C)C)CC2)c1. The highest BCUT2D eigenvalue weighted by molar-refractivity contribution is 5.94. The Labute approximate surface area is 267 Å². The number of allylic oxidation sites excluding steroid dienone is 1. The summed E-state index contributed by atoms with van der Waals surface area (Å²) in [5.74, 6) is 8.19. The van der Waals surface area contributed by atoms with Crippen LogP contribution in [-0.4, -0.2) is 48.5 Å². The number of carbonyl (C=O) groups excluding carboxylic acids is 1. The third-order valence-electron chi connectivity index (χ3n) is 8.01. The first-order chi connectivity index (χ1) is 21.4. The van der Waals surface area contributed by atoms with E-state index >= 15 is 0 Å². The van der Waals surface area contributed by atoms with E-state index in [-0.39, 0.29) is 11.9 Å². The molecule has 0 unspecified atom stereocenters. The molecule has 0 atom stereocenters. The van der Waals surface area contributed by atoms with Gasteiger partial charge in [-0.2, -0.15) is 0 Å². The highest BCUT2D eigenvalue weighted by atomic mass is 16.5. The third-order valence-corrected chi connectivity index (χ3v) is 8.01. The molecule has 0 bridgehead atoms. The second-order valence-electron chi connectivity index (χ2n) is 12.0. The van der Waals surface area contributed by atoms with E-state index in [0.717, 1.165) is 85.3 Å². The van der Waals surface area contributed by atoms with E-state index in [9.17, 15) is 4.79 Å². The number of rotatable bonds is 11. The first-order valence-corrected chi connectivity index (χ1v) is 16.3. The van der Waals surface area contributed by atoms with Crippen molar-refractivity contribution in [2.75, 3.05) is 26.7 Å². The first kappa shape index (κ1) is 34.7. The molecule has 0 aromatic heterocycles. The van der Waals surface area contributed by atoms with Crippen molar-refractivity contribution in [1.82, 2.24) is 9.80 Å². The Morgan fingerprint density at radius 2 is 1.68 bits per heavy atom. The van der Waals surface area contributed by atoms with Crippen LogP contribution in [0.4, 0.5) is 0 Å². The van der Waals surface area contributed by atoms with Crippen LogP contribution in [0.5, 0.6) is 5.75 Å². The molecule has 3 aromatic rings. The molecule has 4 nitrogen and oxygen atoms in total. The zero-order valence-electron chi connectivity index (χ0n) is 27.6. The molecule has 0 spiro atoms. The van der Waals surface area contributed by atoms with Crippen molar-refractivity contribution in [2.24, 2.45) is 5.92 Å². The highest BCUT2D eigenvalue weighted by Gasteiger charge is 2.29. The summed E-state index contributed by atoms with van der Waals surface area (Å²) >= 11 is 0. The molecule has 3 aromatic carbocycles. The Balaban J connectivity index is 0.00000169. The normalized spacial score (nSPS) is 13.3. The van der Waals surface area contributed by atoms with E-state index in [4.69, 9.17) is 4.74 Å². The van der Waals surface area contributed by atoms with Crippen LogP contribution < -0.4 is 4.74 Å². The van der Waals surface area contributed by atoms with E-state index < -0.39 is 0 Å². The highest BCUT2D eigenvalue weighted by Crippen LogP contribution is 2.26. The van der Waals surface area contributed by atoms with Crippen molar-refractivity contribution in [1.29, 1.82) is 0 Å². The van der Waals surface area contributed by atoms with Crippen LogP contribution in [0.15, 0.2) is 85.5 Å². The predicted octanol–water partition coefficient (Wildman–Crippen LogP) is 9.25. The average molecular weight is 593 g/mol. The Hall–Kier alpha value is -3.81. The fourth-order valence-corrected chi connectivity index (χ4v) is 5.37. The minimum absolute atomic E-state index is 0.0991. The number of benzene rings is 3. The fourth-order valence-electron chi connectivity index (χ4n) is 5.37. The number of ether oxygens (including phenoxy) is 1. The molecule has 0 radical (unpaired) electrons. The minimum atomic E-state index is 0.0991. The van der Waals surface area contributed by atoms with Crippen molar-refractivity contribution in [2.45, 2.75) is 78.8 Å². The molecule has 1 heterocycles. The summed E-state index contributed by atoms with van der Waals surface area (Å²) in [6, 6.07) is 24.9. The van der Waals surface area contributed by atoms with E-state index in [2.05, 4.69) is 85.4 Å². The second-order valence-corrected chi connectivity index (χ2v) is 12.0. The zero-order valence-corrected chi connectivity index (χ0v) is 27.6. The van der Waals surface area contributed by atoms with Crippen LogP contribution in [0, 0.1) is 17.8 Å². The van der Waals surface area contributed by atoms with Crippen LogP contribution in [0.3, 0.4) is 0 Å². The lowest BCUT2D eigenvalue weighted by Crippen LogP contribution is -2.47. The lowest BCUT2D eigenvalue weighted by molar-refractivity contribution is 0.0546. The molecular formula is C40H52N2O2. The third kappa shape index (κ3) is 11.0. The Morgan fingerprint density at radius 1 is 1.05 bits per heavy atom. The van der Waals surface area contributed by atoms with Crippen molar-refractivity contribution in [3.63, 3.8) is 0 Å². The van der Waals surface area contributed by atoms with Gasteiger partial charge in [-0.3, -0.25) is 4.79 Å². The van der Waals surface area contributed by atoms with Crippen molar-refractivity contribution in [3.05, 3.63) is 102 Å². The molecular weight excluding hydrogens is 540 g/mol. The van der Waals surface area contributed by atoms with Gasteiger partial charge in [-0.15, -0.1) is 6.58 Å². The fraction of sp³-hybridized carbons (Fsp3) is 0.425. The number of nitrogens with zero attached hydrogens (tertiary/aromatic N) is 2. The molecule has 0 aliphatic carbocycles. The molecule has 44 heavy (non-hydrogen) atoms. The molecule has 0 saturated carbocycles. The standard InChI is InChI=1S/C37H46N2O2.C3H6/c1-5-6-7-8-10-30-11-9-12-34(27-30)37(40)39(35-22-25-38(26-23-35)24-21-29(2)3)28-31-13-15-32(16-14-31)33-17-19-36(41-4)20-18-33;1-3-2/h9,11-20,27,29,35H,5-7,21-26,28H2,1-4H3;3H,1H2,2H3. The maximum atomic E-state index is 14.1. The van der Waals surface area contributed by atoms with Gasteiger partial charge in [0.15, 0.2) is 0 Å². The largest absolute Gasteiger partial charge is 0.497 e. The summed E-state index contributed by atoms with van der Waals surface area (Å²) in [5, 5.41) is 0. The van der Waals surface area contributed by atoms with Gasteiger partial charge in [0, 0.05) is 43.2 Å². The quantitative estimate of drug-likeness (QED) is 0.126. The van der Waals surface area contributed by atoms with Gasteiger partial charge in [-0.1, -0.05) is 87.6 Å². The minimum Gasteiger partial charge on any atom is -0.497 e. The summed E-state index contributed by atoms with van der Waals surface area (Å²) in [4.78, 5) is 18.8. The monoisotopic (exact) mass is 592 g/mol. The molecule has 1 aliphatic rings. The van der Waals surface area contributed by atoms with E-state index in [1.807, 2.05) is 43.3 Å². The van der Waals surface area contributed by atoms with Crippen LogP contribution >= 0.6 is 0 Å². The summed E-state index contributed by atoms with van der Waals surface area (Å²) in [6.07, 6.45) is 8.11. The first-order valence-electron chi connectivity index (χ1n) is 16.3. The number of piperidine rings is 1. The molecule has 4 heteroatoms. The zero-order chi connectivity index (χ0) is 31.7. The number of amides is 1. The van der Waals surface area contributed by atoms with Crippen molar-refractivity contribution < 1.29 is 9.53 Å². The smallest absolute Gasteiger partial charge is 0.254 e. The van der Waals surface area contributed by atoms with Gasteiger partial charge >= 0.3 is 0 Å². The molecule has 1 amide bonds. The van der Waals surface area contributed by atoms with E-state index in [1.165, 1.54) is 6.42 Å². The van der Waals surface area contributed by atoms with Gasteiger partial charge in [0.2, 0.25) is 0 Å². The molecule has 1 fully saturated rings. The van der Waals surface area contributed by atoms with Crippen LogP contribution in [0.2, 0.25) is 0 Å². The van der Waals surface area contributed by atoms with Gasteiger partial charge in [0.1, 0.15) is 5.75 Å². The Morgan fingerprint density at radius 3 is 2.27 bits per heavy atom. The van der Waals surface area contributed by atoms with Gasteiger partial charge in [0.05, 0.1) is 7.11 Å². The van der Waals surface area contributed by atoms with E-state index in [0.29, 0.717) is 12.5 Å². The van der Waals surface area contributed by atoms with Gasteiger partial charge in [-0.25, -0.2) is 0 Å². The lowest BCUT2D eigenvalue weighted by atomic mass is 9.99. The Kier molecular flexibility index (Phi) is 14.8. The number of hydrogen-bond donors (Lipinski definition) is 0. The summed E-state index contributed by atoms with van der Waals surface area (Å²) in [5.41, 5.74) is 5.09. The molecule has 1 saturated heterocycles. The van der Waals surface area contributed by atoms with Gasteiger partial charge < -0.3 is 14.5 Å². The number of methoxy groups -OCH3 is 1. The number of likely N-dealkylation sites (tertiary alicyclic amines) is 1. The van der Waals surface area contributed by atoms with Gasteiger partial charge in [0.25, 0.3) is 5.91 Å². The van der Waals surface area contributed by atoms with Crippen LogP contribution in [0.1, 0.15) is 87.7 Å². The number of hydrogen-bond acceptors (Lipinski definition) is 3. The number of carbonyl (C=O) groups is 1. The summed E-state index contributed by atoms with van der Waals surface area (Å²) in [6.45, 7) is 15.8. The van der Waals surface area contributed by atoms with E-state index in [1.54, 1.807) is 13.2 Å². The maximum absolute atomic E-state index is 14.1. The molecule has 4 rings (SSSR count). The summed E-state index contributed by atoms with van der Waals surface area (Å²) in [7, 11) is 1.68.